The molecular weight excluding hydrogens is 549 g/mol. The molecule has 2 bridgehead atoms. The Hall–Kier alpha value is -4.07. The summed E-state index contributed by atoms with van der Waals surface area (Å²) >= 11 is 0. The van der Waals surface area contributed by atoms with Crippen LogP contribution in [-0.4, -0.2) is 65.2 Å². The number of ether oxygens (including phenoxy) is 1. The van der Waals surface area contributed by atoms with Crippen LogP contribution in [0, 0.1) is 13.8 Å². The van der Waals surface area contributed by atoms with Gasteiger partial charge in [-0.1, -0.05) is 6.07 Å². The SMILES string of the molecule is COc1c(CN2CC3CC2CN3C)cc(C(F)(F)F)cc1NC(=O)c1ccc(C)c(N(N)/C=C(\N)c2cn[nH]c2C)c1. The fraction of sp³-hybridized carbons (Fsp3) is 0.379. The molecule has 1 amide bonds. The van der Waals surface area contributed by atoms with Gasteiger partial charge in [0.15, 0.2) is 0 Å². The predicted molar refractivity (Wildman–Crippen MR) is 155 cm³/mol. The molecule has 2 aliphatic rings. The number of fused-ring (bicyclic) bond motifs is 2. The summed E-state index contributed by atoms with van der Waals surface area (Å²) in [5.74, 6) is 5.87. The summed E-state index contributed by atoms with van der Waals surface area (Å²) in [6.07, 6.45) is -0.541. The third-order valence-electron chi connectivity index (χ3n) is 8.12. The molecule has 0 spiro atoms. The van der Waals surface area contributed by atoms with Crippen LogP contribution in [0.5, 0.6) is 5.75 Å². The summed E-state index contributed by atoms with van der Waals surface area (Å²) in [5, 5.41) is 10.7. The molecule has 2 unspecified atom stereocenters. The number of alkyl halides is 3. The first-order chi connectivity index (χ1) is 19.8. The first-order valence-electron chi connectivity index (χ1n) is 13.5. The molecule has 2 atom stereocenters. The number of piperazine rings is 1. The minimum atomic E-state index is -4.61. The van der Waals surface area contributed by atoms with E-state index in [0.717, 1.165) is 42.9 Å². The highest BCUT2D eigenvalue weighted by molar-refractivity contribution is 6.06. The zero-order valence-electron chi connectivity index (χ0n) is 23.9. The quantitative estimate of drug-likeness (QED) is 0.232. The van der Waals surface area contributed by atoms with Crippen LogP contribution in [0.3, 0.4) is 0 Å². The number of hydrogen-bond donors (Lipinski definition) is 4. The standard InChI is InChI=1S/C29H35F3N8O2/c1-16-5-6-18(8-26(16)40(34)15-24(33)23-11-35-37-17(23)2)28(41)36-25-9-20(29(30,31)32)7-19(27(25)42-4)12-39-14-21-10-22(39)13-38(21)3/h5-9,11,15,21-22H,10,12-14,33-34H2,1-4H3,(H,35,37)(H,36,41)/b24-15-. The number of hydrazine groups is 1. The normalized spacial score (nSPS) is 19.4. The lowest BCUT2D eigenvalue weighted by Gasteiger charge is -2.32. The number of halogens is 3. The van der Waals surface area contributed by atoms with E-state index in [4.69, 9.17) is 16.3 Å². The predicted octanol–water partition coefficient (Wildman–Crippen LogP) is 3.83. The number of likely N-dealkylation sites (N-methyl/N-ethyl adjacent to an activating group) is 1. The smallest absolute Gasteiger partial charge is 0.416 e. The number of amides is 1. The molecule has 3 heterocycles. The van der Waals surface area contributed by atoms with Gasteiger partial charge in [-0.2, -0.15) is 18.3 Å². The molecule has 2 aliphatic heterocycles. The number of nitrogens with one attached hydrogen (secondary N) is 2. The van der Waals surface area contributed by atoms with Crippen LogP contribution < -0.4 is 26.6 Å². The average Bonchev–Trinajstić information content (AvgIpc) is 3.63. The molecule has 2 fully saturated rings. The van der Waals surface area contributed by atoms with Gasteiger partial charge in [-0.3, -0.25) is 19.8 Å². The number of likely N-dealkylation sites (tertiary alicyclic amines) is 2. The lowest BCUT2D eigenvalue weighted by atomic mass is 10.0. The number of aromatic nitrogens is 2. The molecule has 42 heavy (non-hydrogen) atoms. The Balaban J connectivity index is 1.43. The van der Waals surface area contributed by atoms with Crippen LogP contribution in [0.4, 0.5) is 24.5 Å². The highest BCUT2D eigenvalue weighted by atomic mass is 19.4. The number of nitrogens with two attached hydrogens (primary N) is 2. The zero-order chi connectivity index (χ0) is 30.3. The Kier molecular flexibility index (Phi) is 7.92. The van der Waals surface area contributed by atoms with Gasteiger partial charge in [0, 0.05) is 60.3 Å². The first-order valence-corrected chi connectivity index (χ1v) is 13.5. The molecule has 13 heteroatoms. The number of hydrogen-bond acceptors (Lipinski definition) is 8. The van der Waals surface area contributed by atoms with Crippen molar-refractivity contribution in [3.05, 3.63) is 76.2 Å². The van der Waals surface area contributed by atoms with E-state index >= 15 is 0 Å². The minimum absolute atomic E-state index is 0.0555. The van der Waals surface area contributed by atoms with Gasteiger partial charge in [0.1, 0.15) is 5.75 Å². The minimum Gasteiger partial charge on any atom is -0.494 e. The zero-order valence-corrected chi connectivity index (χ0v) is 23.9. The van der Waals surface area contributed by atoms with Crippen LogP contribution in [0.15, 0.2) is 42.7 Å². The van der Waals surface area contributed by atoms with E-state index in [1.54, 1.807) is 24.4 Å². The highest BCUT2D eigenvalue weighted by Gasteiger charge is 2.42. The van der Waals surface area contributed by atoms with Gasteiger partial charge in [0.2, 0.25) is 0 Å². The Bertz CT molecular complexity index is 1520. The van der Waals surface area contributed by atoms with Crippen LogP contribution >= 0.6 is 0 Å². The number of nitrogens with zero attached hydrogens (tertiary/aromatic N) is 4. The molecule has 0 aliphatic carbocycles. The van der Waals surface area contributed by atoms with Crippen LogP contribution in [0.2, 0.25) is 0 Å². The van der Waals surface area contributed by atoms with E-state index in [1.165, 1.54) is 18.3 Å². The Morgan fingerprint density at radius 3 is 2.60 bits per heavy atom. The molecule has 224 valence electrons. The lowest BCUT2D eigenvalue weighted by molar-refractivity contribution is -0.137. The molecule has 5 rings (SSSR count). The van der Waals surface area contributed by atoms with Crippen molar-refractivity contribution >= 4 is 23.0 Å². The molecule has 3 aromatic rings. The molecular formula is C29H35F3N8O2. The Labute approximate surface area is 242 Å². The van der Waals surface area contributed by atoms with Crippen LogP contribution in [0.1, 0.15) is 44.7 Å². The van der Waals surface area contributed by atoms with Crippen LogP contribution in [0.25, 0.3) is 5.70 Å². The van der Waals surface area contributed by atoms with Gasteiger partial charge < -0.3 is 20.7 Å². The van der Waals surface area contributed by atoms with Crippen LogP contribution in [-0.2, 0) is 12.7 Å². The lowest BCUT2D eigenvalue weighted by Crippen LogP contribution is -2.44. The first kappa shape index (κ1) is 29.4. The number of rotatable bonds is 8. The van der Waals surface area contributed by atoms with E-state index < -0.39 is 17.6 Å². The fourth-order valence-electron chi connectivity index (χ4n) is 5.82. The third kappa shape index (κ3) is 5.80. The highest BCUT2D eigenvalue weighted by Crippen LogP contribution is 2.40. The molecule has 6 N–H and O–H groups in total. The van der Waals surface area contributed by atoms with Crippen molar-refractivity contribution in [2.75, 3.05) is 37.6 Å². The van der Waals surface area contributed by atoms with Crippen molar-refractivity contribution in [3.8, 4) is 5.75 Å². The molecule has 0 radical (unpaired) electrons. The number of carbonyl (C=O) groups is 1. The molecule has 2 aromatic carbocycles. The summed E-state index contributed by atoms with van der Waals surface area (Å²) < 4.78 is 47.5. The van der Waals surface area contributed by atoms with Crippen molar-refractivity contribution in [1.29, 1.82) is 0 Å². The Morgan fingerprint density at radius 1 is 1.24 bits per heavy atom. The van der Waals surface area contributed by atoms with Gasteiger partial charge in [0.25, 0.3) is 5.91 Å². The van der Waals surface area contributed by atoms with Gasteiger partial charge in [-0.25, -0.2) is 5.84 Å². The van der Waals surface area contributed by atoms with E-state index in [9.17, 15) is 18.0 Å². The van der Waals surface area contributed by atoms with Crippen molar-refractivity contribution in [2.24, 2.45) is 11.6 Å². The fourth-order valence-corrected chi connectivity index (χ4v) is 5.82. The molecule has 2 saturated heterocycles. The number of carbonyl (C=O) groups excluding carboxylic acids is 1. The number of benzene rings is 2. The summed E-state index contributed by atoms with van der Waals surface area (Å²) in [6.45, 7) is 5.55. The monoisotopic (exact) mass is 584 g/mol. The van der Waals surface area contributed by atoms with Crippen molar-refractivity contribution in [2.45, 2.75) is 45.1 Å². The molecule has 1 aromatic heterocycles. The van der Waals surface area contributed by atoms with E-state index in [2.05, 4.69) is 32.4 Å². The maximum absolute atomic E-state index is 14.0. The second kappa shape index (κ2) is 11.3. The summed E-state index contributed by atoms with van der Waals surface area (Å²) in [5.41, 5.74) is 8.89. The largest absolute Gasteiger partial charge is 0.494 e. The second-order valence-electron chi connectivity index (χ2n) is 11.0. The van der Waals surface area contributed by atoms with Gasteiger partial charge in [0.05, 0.1) is 35.9 Å². The maximum Gasteiger partial charge on any atom is 0.416 e. The summed E-state index contributed by atoms with van der Waals surface area (Å²) in [6, 6.07) is 7.50. The second-order valence-corrected chi connectivity index (χ2v) is 11.0. The summed E-state index contributed by atoms with van der Waals surface area (Å²) in [7, 11) is 3.45. The van der Waals surface area contributed by atoms with Crippen molar-refractivity contribution in [1.82, 2.24) is 20.0 Å². The van der Waals surface area contributed by atoms with Crippen molar-refractivity contribution in [3.63, 3.8) is 0 Å². The number of aryl methyl sites for hydroxylation is 2. The van der Waals surface area contributed by atoms with Gasteiger partial charge in [-0.05, 0) is 57.1 Å². The number of methoxy groups -OCH3 is 1. The topological polar surface area (TPSA) is 129 Å². The third-order valence-corrected chi connectivity index (χ3v) is 8.12. The van der Waals surface area contributed by atoms with Gasteiger partial charge in [-0.15, -0.1) is 0 Å². The average molecular weight is 585 g/mol. The molecule has 0 saturated carbocycles. The van der Waals surface area contributed by atoms with E-state index in [-0.39, 0.29) is 29.6 Å². The maximum atomic E-state index is 14.0. The Morgan fingerprint density at radius 2 is 2.00 bits per heavy atom. The number of anilines is 2. The summed E-state index contributed by atoms with van der Waals surface area (Å²) in [4.78, 5) is 17.9. The van der Waals surface area contributed by atoms with E-state index in [1.807, 2.05) is 13.8 Å². The van der Waals surface area contributed by atoms with E-state index in [0.29, 0.717) is 28.6 Å². The number of aromatic amines is 1. The molecule has 10 nitrogen and oxygen atoms in total. The number of H-pyrrole nitrogens is 1. The van der Waals surface area contributed by atoms with Crippen molar-refractivity contribution < 1.29 is 22.7 Å². The van der Waals surface area contributed by atoms with Gasteiger partial charge >= 0.3 is 6.18 Å².